The molecule has 0 radical (unpaired) electrons. The molecule has 274 valence electrons. The zero-order valence-electron chi connectivity index (χ0n) is 31.3. The van der Waals surface area contributed by atoms with Crippen molar-refractivity contribution < 1.29 is 4.42 Å². The van der Waals surface area contributed by atoms with Gasteiger partial charge in [0.25, 0.3) is 0 Å². The third-order valence-electron chi connectivity index (χ3n) is 11.7. The SMILES string of the molecule is c1ccc(C2=NC(c3ccc4c(c3)sc3ccccc34)NC(c3ccc(-c4cc(-c5ccc6ccccc6c5)cc5oc6cc7ccccc7cc6c45)cc3)N2)cc1. The van der Waals surface area contributed by atoms with Crippen LogP contribution in [0.4, 0.5) is 0 Å². The van der Waals surface area contributed by atoms with Gasteiger partial charge >= 0.3 is 0 Å². The van der Waals surface area contributed by atoms with Crippen molar-refractivity contribution >= 4 is 80.8 Å². The highest BCUT2D eigenvalue weighted by atomic mass is 32.1. The van der Waals surface area contributed by atoms with E-state index in [-0.39, 0.29) is 12.3 Å². The molecule has 0 fully saturated rings. The molecule has 9 aromatic carbocycles. The van der Waals surface area contributed by atoms with Gasteiger partial charge < -0.3 is 9.73 Å². The van der Waals surface area contributed by atoms with Crippen LogP contribution in [0.3, 0.4) is 0 Å². The summed E-state index contributed by atoms with van der Waals surface area (Å²) in [4.78, 5) is 5.25. The van der Waals surface area contributed by atoms with Crippen molar-refractivity contribution in [2.75, 3.05) is 0 Å². The van der Waals surface area contributed by atoms with Crippen molar-refractivity contribution in [1.82, 2.24) is 10.6 Å². The van der Waals surface area contributed by atoms with E-state index in [9.17, 15) is 0 Å². The minimum atomic E-state index is -0.235. The highest BCUT2D eigenvalue weighted by molar-refractivity contribution is 7.25. The number of fused-ring (bicyclic) bond motifs is 8. The second-order valence-electron chi connectivity index (χ2n) is 15.2. The van der Waals surface area contributed by atoms with Crippen LogP contribution in [0.1, 0.15) is 29.0 Å². The third-order valence-corrected chi connectivity index (χ3v) is 12.8. The summed E-state index contributed by atoms with van der Waals surface area (Å²) >= 11 is 1.84. The van der Waals surface area contributed by atoms with Gasteiger partial charge in [-0.2, -0.15) is 0 Å². The van der Waals surface area contributed by atoms with Crippen LogP contribution in [0.25, 0.3) is 85.9 Å². The van der Waals surface area contributed by atoms with E-state index in [1.54, 1.807) is 0 Å². The van der Waals surface area contributed by atoms with Gasteiger partial charge in [-0.05, 0) is 97.4 Å². The van der Waals surface area contributed by atoms with Gasteiger partial charge in [0.15, 0.2) is 0 Å². The molecule has 0 aliphatic carbocycles. The highest BCUT2D eigenvalue weighted by Gasteiger charge is 2.26. The number of hydrogen-bond donors (Lipinski definition) is 2. The number of nitrogens with zero attached hydrogens (tertiary/aromatic N) is 1. The first-order valence-electron chi connectivity index (χ1n) is 19.7. The number of nitrogens with one attached hydrogen (secondary N) is 2. The number of thiophene rings is 1. The van der Waals surface area contributed by atoms with Gasteiger partial charge in [-0.25, -0.2) is 4.99 Å². The fourth-order valence-electron chi connectivity index (χ4n) is 8.77. The van der Waals surface area contributed by atoms with E-state index < -0.39 is 0 Å². The lowest BCUT2D eigenvalue weighted by Crippen LogP contribution is -2.44. The molecule has 5 heteroatoms. The predicted octanol–water partition coefficient (Wildman–Crippen LogP) is 13.9. The number of furan rings is 1. The molecular weight excluding hydrogens is 727 g/mol. The highest BCUT2D eigenvalue weighted by Crippen LogP contribution is 2.42. The van der Waals surface area contributed by atoms with Gasteiger partial charge in [0.1, 0.15) is 29.3 Å². The molecule has 4 nitrogen and oxygen atoms in total. The Bertz CT molecular complexity index is 3420. The lowest BCUT2D eigenvalue weighted by Gasteiger charge is -2.32. The molecule has 1 aliphatic heterocycles. The van der Waals surface area contributed by atoms with Crippen LogP contribution in [0, 0.1) is 0 Å². The Morgan fingerprint density at radius 1 is 0.448 bits per heavy atom. The largest absolute Gasteiger partial charge is 0.456 e. The van der Waals surface area contributed by atoms with Gasteiger partial charge in [-0.3, -0.25) is 5.32 Å². The Kier molecular flexibility index (Phi) is 7.58. The average Bonchev–Trinajstić information content (AvgIpc) is 3.85. The zero-order valence-corrected chi connectivity index (χ0v) is 32.1. The number of aliphatic imine (C=N–C) groups is 1. The first-order valence-corrected chi connectivity index (χ1v) is 20.6. The first kappa shape index (κ1) is 33.1. The second kappa shape index (κ2) is 13.3. The Hall–Kier alpha value is -7.05. The lowest BCUT2D eigenvalue weighted by molar-refractivity contribution is 0.409. The van der Waals surface area contributed by atoms with Crippen molar-refractivity contribution in [2.24, 2.45) is 4.99 Å². The summed E-state index contributed by atoms with van der Waals surface area (Å²) in [5.74, 6) is 0.872. The van der Waals surface area contributed by atoms with Crippen molar-refractivity contribution in [2.45, 2.75) is 12.3 Å². The van der Waals surface area contributed by atoms with Gasteiger partial charge in [-0.15, -0.1) is 11.3 Å². The monoisotopic (exact) mass is 761 g/mol. The van der Waals surface area contributed by atoms with Crippen molar-refractivity contribution in [3.05, 3.63) is 205 Å². The van der Waals surface area contributed by atoms with Crippen LogP contribution in [-0.4, -0.2) is 5.84 Å². The maximum Gasteiger partial charge on any atom is 0.136 e. The Balaban J connectivity index is 0.964. The summed E-state index contributed by atoms with van der Waals surface area (Å²) in [6.07, 6.45) is -0.406. The molecule has 3 heterocycles. The summed E-state index contributed by atoms with van der Waals surface area (Å²) in [5, 5.41) is 17.2. The van der Waals surface area contributed by atoms with E-state index in [2.05, 4.69) is 193 Å². The first-order chi connectivity index (χ1) is 28.7. The van der Waals surface area contributed by atoms with Crippen LogP contribution >= 0.6 is 11.3 Å². The quantitative estimate of drug-likeness (QED) is 0.184. The van der Waals surface area contributed by atoms with Crippen molar-refractivity contribution in [3.8, 4) is 22.3 Å². The molecule has 0 bridgehead atoms. The summed E-state index contributed by atoms with van der Waals surface area (Å²) in [7, 11) is 0. The third kappa shape index (κ3) is 5.59. The summed E-state index contributed by atoms with van der Waals surface area (Å²) in [6, 6.07) is 67.6. The minimum absolute atomic E-state index is 0.171. The molecule has 0 spiro atoms. The van der Waals surface area contributed by atoms with Gasteiger partial charge in [0.05, 0.1) is 0 Å². The predicted molar refractivity (Wildman–Crippen MR) is 244 cm³/mol. The maximum atomic E-state index is 6.71. The van der Waals surface area contributed by atoms with E-state index in [0.717, 1.165) is 66.7 Å². The molecule has 12 rings (SSSR count). The van der Waals surface area contributed by atoms with Crippen LogP contribution in [0.15, 0.2) is 197 Å². The van der Waals surface area contributed by atoms with Crippen LogP contribution in [0.2, 0.25) is 0 Å². The number of rotatable bonds is 5. The van der Waals surface area contributed by atoms with E-state index in [1.165, 1.54) is 41.7 Å². The molecule has 2 aromatic heterocycles. The molecule has 0 amide bonds. The number of hydrogen-bond acceptors (Lipinski definition) is 5. The fourth-order valence-corrected chi connectivity index (χ4v) is 9.92. The van der Waals surface area contributed by atoms with E-state index in [4.69, 9.17) is 9.41 Å². The van der Waals surface area contributed by atoms with Crippen LogP contribution in [-0.2, 0) is 0 Å². The van der Waals surface area contributed by atoms with E-state index in [1.807, 2.05) is 17.4 Å². The molecule has 0 saturated heterocycles. The van der Waals surface area contributed by atoms with Crippen LogP contribution < -0.4 is 10.6 Å². The standard InChI is InChI=1S/C53H35N3OS/c1-2-11-34(12-3-1)51-54-52(56-53(55-51)40-24-25-43-42-16-8-9-17-48(42)58-49(43)31-40)35-21-19-33(20-22-35)44-28-41(39-23-18-32-10-4-5-13-36(32)26-39)30-47-50(44)45-27-37-14-6-7-15-38(37)29-46(45)57-47/h1-31,52-53,56H,(H,54,55). The van der Waals surface area contributed by atoms with E-state index >= 15 is 0 Å². The fraction of sp³-hybridized carbons (Fsp3) is 0.0377. The van der Waals surface area contributed by atoms with Crippen molar-refractivity contribution in [1.29, 1.82) is 0 Å². The van der Waals surface area contributed by atoms with E-state index in [0.29, 0.717) is 0 Å². The average molecular weight is 762 g/mol. The maximum absolute atomic E-state index is 6.71. The second-order valence-corrected chi connectivity index (χ2v) is 16.3. The summed E-state index contributed by atoms with van der Waals surface area (Å²) in [6.45, 7) is 0. The summed E-state index contributed by atoms with van der Waals surface area (Å²) in [5.41, 5.74) is 9.67. The topological polar surface area (TPSA) is 49.6 Å². The van der Waals surface area contributed by atoms with Gasteiger partial charge in [0, 0.05) is 36.5 Å². The van der Waals surface area contributed by atoms with Crippen LogP contribution in [0.5, 0.6) is 0 Å². The lowest BCUT2D eigenvalue weighted by atomic mass is 9.92. The molecule has 1 aliphatic rings. The minimum Gasteiger partial charge on any atom is -0.456 e. The molecule has 11 aromatic rings. The van der Waals surface area contributed by atoms with Gasteiger partial charge in [0.2, 0.25) is 0 Å². The molecule has 58 heavy (non-hydrogen) atoms. The van der Waals surface area contributed by atoms with Crippen molar-refractivity contribution in [3.63, 3.8) is 0 Å². The molecule has 2 N–H and O–H groups in total. The molecule has 0 saturated carbocycles. The molecule has 2 atom stereocenters. The Labute approximate surface area is 338 Å². The van der Waals surface area contributed by atoms with Gasteiger partial charge in [-0.1, -0.05) is 146 Å². The number of amidine groups is 1. The number of benzene rings is 9. The summed E-state index contributed by atoms with van der Waals surface area (Å²) < 4.78 is 9.28. The molecule has 2 unspecified atom stereocenters. The normalized spacial score (nSPS) is 15.8. The Morgan fingerprint density at radius 3 is 1.98 bits per heavy atom. The molecular formula is C53H35N3OS. The Morgan fingerprint density at radius 2 is 1.14 bits per heavy atom. The smallest absolute Gasteiger partial charge is 0.136 e. The zero-order chi connectivity index (χ0) is 38.2.